The summed E-state index contributed by atoms with van der Waals surface area (Å²) in [6.45, 7) is 1.05. The van der Waals surface area contributed by atoms with Crippen molar-refractivity contribution in [1.29, 1.82) is 0 Å². The Morgan fingerprint density at radius 1 is 0.950 bits per heavy atom. The largest absolute Gasteiger partial charge is 0.467 e. The van der Waals surface area contributed by atoms with Crippen LogP contribution in [0.15, 0.2) is 60.8 Å². The Labute approximate surface area is 118 Å². The molecular weight excluding hydrogens is 250 g/mol. The number of para-hydroxylation sites is 2. The summed E-state index contributed by atoms with van der Waals surface area (Å²) in [6, 6.07) is 18.6. The van der Waals surface area contributed by atoms with Crippen molar-refractivity contribution in [3.63, 3.8) is 0 Å². The summed E-state index contributed by atoms with van der Waals surface area (Å²) in [6.07, 6.45) is 2.11. The quantitative estimate of drug-likeness (QED) is 0.658. The van der Waals surface area contributed by atoms with Crippen LogP contribution in [0.25, 0.3) is 10.9 Å². The fourth-order valence-corrected chi connectivity index (χ4v) is 2.36. The minimum absolute atomic E-state index is 0.267. The second kappa shape index (κ2) is 5.80. The highest BCUT2D eigenvalue weighted by molar-refractivity contribution is 5.80. The minimum Gasteiger partial charge on any atom is -0.467 e. The van der Waals surface area contributed by atoms with Crippen molar-refractivity contribution < 1.29 is 9.47 Å². The molecule has 3 aromatic rings. The molecule has 102 valence electrons. The van der Waals surface area contributed by atoms with E-state index in [2.05, 4.69) is 47.2 Å². The van der Waals surface area contributed by atoms with E-state index >= 15 is 0 Å². The van der Waals surface area contributed by atoms with Crippen molar-refractivity contribution in [3.8, 4) is 5.75 Å². The van der Waals surface area contributed by atoms with E-state index in [1.165, 1.54) is 10.9 Å². The molecule has 0 bridgehead atoms. The second-order valence-corrected chi connectivity index (χ2v) is 4.66. The number of hydrogen-bond donors (Lipinski definition) is 0. The Balaban J connectivity index is 1.91. The summed E-state index contributed by atoms with van der Waals surface area (Å²) in [5.74, 6) is 0.868. The van der Waals surface area contributed by atoms with E-state index in [4.69, 9.17) is 9.47 Å². The van der Waals surface area contributed by atoms with E-state index in [0.29, 0.717) is 0 Å². The molecule has 0 fully saturated rings. The summed E-state index contributed by atoms with van der Waals surface area (Å²) in [7, 11) is 1.63. The van der Waals surface area contributed by atoms with Crippen LogP contribution in [-0.2, 0) is 11.3 Å². The van der Waals surface area contributed by atoms with Gasteiger partial charge in [-0.2, -0.15) is 0 Å². The molecule has 20 heavy (non-hydrogen) atoms. The molecule has 0 saturated heterocycles. The maximum absolute atomic E-state index is 5.61. The summed E-state index contributed by atoms with van der Waals surface area (Å²) in [5, 5.41) is 1.25. The molecule has 0 radical (unpaired) electrons. The summed E-state index contributed by atoms with van der Waals surface area (Å²) in [4.78, 5) is 0. The van der Waals surface area contributed by atoms with Crippen LogP contribution in [-0.4, -0.2) is 18.5 Å². The third-order valence-electron chi connectivity index (χ3n) is 3.33. The smallest absolute Gasteiger partial charge is 0.188 e. The molecule has 3 heteroatoms. The van der Waals surface area contributed by atoms with E-state index in [0.717, 1.165) is 17.9 Å². The Bertz CT molecular complexity index is 703. The van der Waals surface area contributed by atoms with Gasteiger partial charge in [0.25, 0.3) is 0 Å². The van der Waals surface area contributed by atoms with Crippen LogP contribution in [0.4, 0.5) is 0 Å². The molecule has 1 heterocycles. The lowest BCUT2D eigenvalue weighted by molar-refractivity contribution is 0.0504. The molecular formula is C17H17NO2. The van der Waals surface area contributed by atoms with Crippen molar-refractivity contribution in [3.05, 3.63) is 66.4 Å². The highest BCUT2D eigenvalue weighted by atomic mass is 16.7. The van der Waals surface area contributed by atoms with E-state index in [-0.39, 0.29) is 6.79 Å². The molecule has 0 spiro atoms. The van der Waals surface area contributed by atoms with Crippen molar-refractivity contribution in [2.24, 2.45) is 0 Å². The van der Waals surface area contributed by atoms with Crippen molar-refractivity contribution in [2.45, 2.75) is 6.54 Å². The van der Waals surface area contributed by atoms with Crippen molar-refractivity contribution in [1.82, 2.24) is 4.57 Å². The van der Waals surface area contributed by atoms with E-state index in [9.17, 15) is 0 Å². The van der Waals surface area contributed by atoms with Gasteiger partial charge in [-0.25, -0.2) is 0 Å². The molecule has 0 amide bonds. The normalized spacial score (nSPS) is 10.8. The molecule has 3 rings (SSSR count). The van der Waals surface area contributed by atoms with Gasteiger partial charge in [0.2, 0.25) is 0 Å². The van der Waals surface area contributed by atoms with Gasteiger partial charge < -0.3 is 14.0 Å². The SMILES string of the molecule is COCOc1ccccc1Cn1ccc2ccccc21. The highest BCUT2D eigenvalue weighted by Crippen LogP contribution is 2.22. The third-order valence-corrected chi connectivity index (χ3v) is 3.33. The van der Waals surface area contributed by atoms with Crippen LogP contribution >= 0.6 is 0 Å². The number of fused-ring (bicyclic) bond motifs is 1. The Morgan fingerprint density at radius 3 is 2.65 bits per heavy atom. The molecule has 0 unspecified atom stereocenters. The zero-order valence-electron chi connectivity index (χ0n) is 11.5. The van der Waals surface area contributed by atoms with Crippen LogP contribution < -0.4 is 4.74 Å². The zero-order valence-corrected chi connectivity index (χ0v) is 11.5. The molecule has 1 aromatic heterocycles. The predicted octanol–water partition coefficient (Wildman–Crippen LogP) is 3.67. The first-order chi connectivity index (χ1) is 9.88. The van der Waals surface area contributed by atoms with Gasteiger partial charge in [-0.1, -0.05) is 36.4 Å². The average molecular weight is 267 g/mol. The fourth-order valence-electron chi connectivity index (χ4n) is 2.36. The van der Waals surface area contributed by atoms with E-state index < -0.39 is 0 Å². The van der Waals surface area contributed by atoms with Crippen LogP contribution in [0.3, 0.4) is 0 Å². The Kier molecular flexibility index (Phi) is 3.70. The lowest BCUT2D eigenvalue weighted by atomic mass is 10.2. The third kappa shape index (κ3) is 2.53. The molecule has 0 aliphatic carbocycles. The topological polar surface area (TPSA) is 23.4 Å². The first kappa shape index (κ1) is 12.8. The number of rotatable bonds is 5. The van der Waals surface area contributed by atoms with Gasteiger partial charge in [0.1, 0.15) is 5.75 Å². The van der Waals surface area contributed by atoms with Crippen molar-refractivity contribution in [2.75, 3.05) is 13.9 Å². The van der Waals surface area contributed by atoms with E-state index in [1.54, 1.807) is 7.11 Å². The van der Waals surface area contributed by atoms with Crippen molar-refractivity contribution >= 4 is 10.9 Å². The van der Waals surface area contributed by atoms with Crippen LogP contribution in [0, 0.1) is 0 Å². The molecule has 2 aromatic carbocycles. The lowest BCUT2D eigenvalue weighted by Crippen LogP contribution is -2.04. The molecule has 0 N–H and O–H groups in total. The minimum atomic E-state index is 0.267. The van der Waals surface area contributed by atoms with Gasteiger partial charge in [0.05, 0.1) is 6.54 Å². The standard InChI is InChI=1S/C17H17NO2/c1-19-13-20-17-9-5-3-7-15(17)12-18-11-10-14-6-2-4-8-16(14)18/h2-11H,12-13H2,1H3. The van der Waals surface area contributed by atoms with Gasteiger partial charge in [0.15, 0.2) is 6.79 Å². The van der Waals surface area contributed by atoms with Crippen LogP contribution in [0.5, 0.6) is 5.75 Å². The van der Waals surface area contributed by atoms with Gasteiger partial charge in [-0.15, -0.1) is 0 Å². The molecule has 0 aliphatic heterocycles. The predicted molar refractivity (Wildman–Crippen MR) is 80.0 cm³/mol. The molecule has 3 nitrogen and oxygen atoms in total. The number of nitrogens with zero attached hydrogens (tertiary/aromatic N) is 1. The molecule has 0 aliphatic rings. The maximum atomic E-state index is 5.61. The van der Waals surface area contributed by atoms with Crippen LogP contribution in [0.2, 0.25) is 0 Å². The Hall–Kier alpha value is -2.26. The number of methoxy groups -OCH3 is 1. The monoisotopic (exact) mass is 267 g/mol. The lowest BCUT2D eigenvalue weighted by Gasteiger charge is -2.12. The molecule has 0 atom stereocenters. The average Bonchev–Trinajstić information content (AvgIpc) is 2.90. The zero-order chi connectivity index (χ0) is 13.8. The van der Waals surface area contributed by atoms with E-state index in [1.807, 2.05) is 18.2 Å². The summed E-state index contributed by atoms with van der Waals surface area (Å²) in [5.41, 5.74) is 2.37. The number of ether oxygens (including phenoxy) is 2. The van der Waals surface area contributed by atoms with Gasteiger partial charge in [0, 0.05) is 24.4 Å². The maximum Gasteiger partial charge on any atom is 0.188 e. The number of aromatic nitrogens is 1. The van der Waals surface area contributed by atoms with Crippen LogP contribution in [0.1, 0.15) is 5.56 Å². The Morgan fingerprint density at radius 2 is 1.75 bits per heavy atom. The van der Waals surface area contributed by atoms with Gasteiger partial charge in [-0.05, 0) is 23.6 Å². The first-order valence-corrected chi connectivity index (χ1v) is 6.62. The molecule has 0 saturated carbocycles. The second-order valence-electron chi connectivity index (χ2n) is 4.66. The summed E-state index contributed by atoms with van der Waals surface area (Å²) < 4.78 is 12.8. The fraction of sp³-hybridized carbons (Fsp3) is 0.176. The number of hydrogen-bond acceptors (Lipinski definition) is 2. The van der Waals surface area contributed by atoms with Gasteiger partial charge >= 0.3 is 0 Å². The highest BCUT2D eigenvalue weighted by Gasteiger charge is 2.06. The van der Waals surface area contributed by atoms with Gasteiger partial charge in [-0.3, -0.25) is 0 Å². The first-order valence-electron chi connectivity index (χ1n) is 6.62. The number of benzene rings is 2. The summed E-state index contributed by atoms with van der Waals surface area (Å²) >= 11 is 0.